The van der Waals surface area contributed by atoms with Crippen LogP contribution >= 0.6 is 11.3 Å². The molecule has 21 heavy (non-hydrogen) atoms. The molecule has 0 amide bonds. The summed E-state index contributed by atoms with van der Waals surface area (Å²) in [5.41, 5.74) is 7.98. The summed E-state index contributed by atoms with van der Waals surface area (Å²) in [6.07, 6.45) is -0.155. The molecule has 4 heteroatoms. The van der Waals surface area contributed by atoms with E-state index in [4.69, 9.17) is 10.5 Å². The third-order valence-electron chi connectivity index (χ3n) is 3.38. The van der Waals surface area contributed by atoms with Crippen LogP contribution in [0.25, 0.3) is 10.9 Å². The van der Waals surface area contributed by atoms with Crippen LogP contribution in [0.15, 0.2) is 47.8 Å². The van der Waals surface area contributed by atoms with Crippen LogP contribution in [-0.2, 0) is 0 Å². The quantitative estimate of drug-likeness (QED) is 0.789. The number of nitrogens with two attached hydrogens (primary N) is 1. The lowest BCUT2D eigenvalue weighted by Gasteiger charge is -2.22. The Bertz CT molecular complexity index is 738. The van der Waals surface area contributed by atoms with Crippen molar-refractivity contribution in [3.05, 3.63) is 58.4 Å². The third-order valence-corrected chi connectivity index (χ3v) is 4.31. The topological polar surface area (TPSA) is 48.1 Å². The van der Waals surface area contributed by atoms with Gasteiger partial charge in [-0.1, -0.05) is 24.3 Å². The SMILES string of the molecule is Cc1ccc2cccc(OC(c3cccs3)C(C)N)c2n1. The summed E-state index contributed by atoms with van der Waals surface area (Å²) < 4.78 is 6.21. The normalized spacial score (nSPS) is 14.0. The largest absolute Gasteiger partial charge is 0.481 e. The van der Waals surface area contributed by atoms with Crippen LogP contribution in [0.5, 0.6) is 5.75 Å². The fourth-order valence-electron chi connectivity index (χ4n) is 2.33. The zero-order valence-corrected chi connectivity index (χ0v) is 12.9. The van der Waals surface area contributed by atoms with Gasteiger partial charge < -0.3 is 10.5 Å². The van der Waals surface area contributed by atoms with Crippen molar-refractivity contribution in [3.63, 3.8) is 0 Å². The highest BCUT2D eigenvalue weighted by molar-refractivity contribution is 7.10. The van der Waals surface area contributed by atoms with Crippen molar-refractivity contribution in [3.8, 4) is 5.75 Å². The van der Waals surface area contributed by atoms with Crippen LogP contribution in [0.3, 0.4) is 0 Å². The maximum absolute atomic E-state index is 6.21. The zero-order chi connectivity index (χ0) is 14.8. The highest BCUT2D eigenvalue weighted by Gasteiger charge is 2.20. The van der Waals surface area contributed by atoms with Crippen molar-refractivity contribution in [2.75, 3.05) is 0 Å². The lowest BCUT2D eigenvalue weighted by Crippen LogP contribution is -2.28. The van der Waals surface area contributed by atoms with E-state index in [2.05, 4.69) is 17.1 Å². The second-order valence-electron chi connectivity index (χ2n) is 5.19. The van der Waals surface area contributed by atoms with E-state index >= 15 is 0 Å². The summed E-state index contributed by atoms with van der Waals surface area (Å²) >= 11 is 1.66. The minimum Gasteiger partial charge on any atom is -0.481 e. The summed E-state index contributed by atoms with van der Waals surface area (Å²) in [7, 11) is 0. The van der Waals surface area contributed by atoms with Gasteiger partial charge in [-0.25, -0.2) is 4.98 Å². The fraction of sp³-hybridized carbons (Fsp3) is 0.235. The summed E-state index contributed by atoms with van der Waals surface area (Å²) in [5.74, 6) is 0.784. The monoisotopic (exact) mass is 298 g/mol. The van der Waals surface area contributed by atoms with Crippen molar-refractivity contribution in [1.29, 1.82) is 0 Å². The standard InChI is InChI=1S/C17H18N2OS/c1-11-8-9-13-5-3-6-14(16(13)19-11)20-17(12(2)18)15-7-4-10-21-15/h3-10,12,17H,18H2,1-2H3. The smallest absolute Gasteiger partial charge is 0.148 e. The average Bonchev–Trinajstić information content (AvgIpc) is 2.98. The maximum Gasteiger partial charge on any atom is 0.148 e. The molecule has 0 spiro atoms. The van der Waals surface area contributed by atoms with Crippen LogP contribution in [0, 0.1) is 6.92 Å². The van der Waals surface area contributed by atoms with Crippen molar-refractivity contribution >= 4 is 22.2 Å². The molecule has 0 radical (unpaired) electrons. The van der Waals surface area contributed by atoms with Gasteiger partial charge in [-0.3, -0.25) is 0 Å². The summed E-state index contributed by atoms with van der Waals surface area (Å²) in [5, 5.41) is 3.12. The number of aryl methyl sites for hydroxylation is 1. The van der Waals surface area contributed by atoms with Gasteiger partial charge in [-0.05, 0) is 37.4 Å². The molecule has 3 aromatic rings. The van der Waals surface area contributed by atoms with Gasteiger partial charge in [0.1, 0.15) is 17.4 Å². The Kier molecular flexibility index (Phi) is 3.90. The fourth-order valence-corrected chi connectivity index (χ4v) is 3.20. The number of hydrogen-bond acceptors (Lipinski definition) is 4. The van der Waals surface area contributed by atoms with Crippen LogP contribution in [0.2, 0.25) is 0 Å². The number of para-hydroxylation sites is 1. The van der Waals surface area contributed by atoms with E-state index in [1.54, 1.807) is 11.3 Å². The minimum atomic E-state index is -0.155. The molecule has 1 aromatic carbocycles. The van der Waals surface area contributed by atoms with Crippen LogP contribution in [-0.4, -0.2) is 11.0 Å². The Morgan fingerprint density at radius 3 is 2.71 bits per heavy atom. The molecule has 0 fully saturated rings. The van der Waals surface area contributed by atoms with E-state index in [0.717, 1.165) is 27.2 Å². The first-order chi connectivity index (χ1) is 10.1. The third kappa shape index (κ3) is 2.91. The molecule has 2 aromatic heterocycles. The molecular formula is C17H18N2OS. The van der Waals surface area contributed by atoms with Crippen LogP contribution < -0.4 is 10.5 Å². The van der Waals surface area contributed by atoms with E-state index in [-0.39, 0.29) is 12.1 Å². The molecule has 108 valence electrons. The predicted octanol–water partition coefficient (Wildman–Crippen LogP) is 4.07. The lowest BCUT2D eigenvalue weighted by atomic mass is 10.1. The molecule has 0 aliphatic rings. The molecule has 0 saturated carbocycles. The second kappa shape index (κ2) is 5.84. The van der Waals surface area contributed by atoms with E-state index < -0.39 is 0 Å². The molecule has 0 aliphatic heterocycles. The number of thiophene rings is 1. The molecule has 0 aliphatic carbocycles. The number of fused-ring (bicyclic) bond motifs is 1. The first kappa shape index (κ1) is 14.0. The number of aromatic nitrogens is 1. The van der Waals surface area contributed by atoms with E-state index in [1.807, 2.05) is 49.6 Å². The summed E-state index contributed by atoms with van der Waals surface area (Å²) in [6, 6.07) is 14.0. The van der Waals surface area contributed by atoms with Crippen molar-refractivity contribution in [2.45, 2.75) is 26.0 Å². The molecular weight excluding hydrogens is 280 g/mol. The Morgan fingerprint density at radius 1 is 1.14 bits per heavy atom. The van der Waals surface area contributed by atoms with Gasteiger partial charge in [0.15, 0.2) is 0 Å². The molecule has 0 bridgehead atoms. The molecule has 2 heterocycles. The Balaban J connectivity index is 2.02. The van der Waals surface area contributed by atoms with Gasteiger partial charge in [0.2, 0.25) is 0 Å². The lowest BCUT2D eigenvalue weighted by molar-refractivity contribution is 0.186. The molecule has 2 atom stereocenters. The van der Waals surface area contributed by atoms with Crippen molar-refractivity contribution in [1.82, 2.24) is 4.98 Å². The second-order valence-corrected chi connectivity index (χ2v) is 6.17. The van der Waals surface area contributed by atoms with Gasteiger partial charge in [-0.15, -0.1) is 11.3 Å². The highest BCUT2D eigenvalue weighted by atomic mass is 32.1. The van der Waals surface area contributed by atoms with Gasteiger partial charge >= 0.3 is 0 Å². The van der Waals surface area contributed by atoms with E-state index in [9.17, 15) is 0 Å². The van der Waals surface area contributed by atoms with Gasteiger partial charge in [0, 0.05) is 22.0 Å². The maximum atomic E-state index is 6.21. The average molecular weight is 298 g/mol. The Morgan fingerprint density at radius 2 is 2.00 bits per heavy atom. The molecule has 2 N–H and O–H groups in total. The number of pyridine rings is 1. The number of nitrogens with zero attached hydrogens (tertiary/aromatic N) is 1. The van der Waals surface area contributed by atoms with Crippen molar-refractivity contribution < 1.29 is 4.74 Å². The Labute approximate surface area is 128 Å². The van der Waals surface area contributed by atoms with Gasteiger partial charge in [-0.2, -0.15) is 0 Å². The predicted molar refractivity (Wildman–Crippen MR) is 87.8 cm³/mol. The summed E-state index contributed by atoms with van der Waals surface area (Å²) in [4.78, 5) is 5.74. The minimum absolute atomic E-state index is 0.0938. The zero-order valence-electron chi connectivity index (χ0n) is 12.1. The van der Waals surface area contributed by atoms with Crippen molar-refractivity contribution in [2.24, 2.45) is 5.73 Å². The van der Waals surface area contributed by atoms with Gasteiger partial charge in [0.05, 0.1) is 0 Å². The first-order valence-electron chi connectivity index (χ1n) is 6.97. The molecule has 0 saturated heterocycles. The number of ether oxygens (including phenoxy) is 1. The number of rotatable bonds is 4. The summed E-state index contributed by atoms with van der Waals surface area (Å²) in [6.45, 7) is 3.95. The van der Waals surface area contributed by atoms with E-state index in [1.165, 1.54) is 0 Å². The highest BCUT2D eigenvalue weighted by Crippen LogP contribution is 2.31. The number of benzene rings is 1. The van der Waals surface area contributed by atoms with E-state index in [0.29, 0.717) is 0 Å². The molecule has 3 nitrogen and oxygen atoms in total. The van der Waals surface area contributed by atoms with Crippen LogP contribution in [0.4, 0.5) is 0 Å². The van der Waals surface area contributed by atoms with Crippen LogP contribution in [0.1, 0.15) is 23.6 Å². The number of hydrogen-bond donors (Lipinski definition) is 1. The van der Waals surface area contributed by atoms with Gasteiger partial charge in [0.25, 0.3) is 0 Å². The molecule has 3 rings (SSSR count). The first-order valence-corrected chi connectivity index (χ1v) is 7.85. The molecule has 2 unspecified atom stereocenters. The Hall–Kier alpha value is -1.91.